The Morgan fingerprint density at radius 1 is 1.28 bits per heavy atom. The van der Waals surface area contributed by atoms with E-state index in [0.717, 1.165) is 74.5 Å². The highest BCUT2D eigenvalue weighted by atomic mass is 35.5. The van der Waals surface area contributed by atoms with Crippen LogP contribution in [-0.2, 0) is 17.8 Å². The Kier molecular flexibility index (Phi) is 5.92. The van der Waals surface area contributed by atoms with E-state index < -0.39 is 0 Å². The van der Waals surface area contributed by atoms with E-state index in [1.165, 1.54) is 0 Å². The van der Waals surface area contributed by atoms with Gasteiger partial charge in [-0.15, -0.1) is 0 Å². The summed E-state index contributed by atoms with van der Waals surface area (Å²) in [6, 6.07) is 5.87. The number of carbonyl (C=O) groups excluding carboxylic acids is 1. The molecule has 0 bridgehead atoms. The Hall–Kier alpha value is -2.42. The molecule has 2 fully saturated rings. The van der Waals surface area contributed by atoms with Crippen molar-refractivity contribution in [2.75, 3.05) is 37.6 Å². The number of aryl methyl sites for hydroxylation is 1. The molecule has 4 heterocycles. The molecule has 1 aliphatic carbocycles. The zero-order chi connectivity index (χ0) is 22.2. The Labute approximate surface area is 191 Å². The zero-order valence-corrected chi connectivity index (χ0v) is 19.0. The number of pyridine rings is 2. The molecule has 8 nitrogen and oxygen atoms in total. The Morgan fingerprint density at radius 3 is 2.78 bits per heavy atom. The van der Waals surface area contributed by atoms with E-state index in [1.807, 2.05) is 19.1 Å². The van der Waals surface area contributed by atoms with Crippen LogP contribution in [0.15, 0.2) is 23.0 Å². The number of anilines is 1. The molecule has 1 saturated carbocycles. The maximum absolute atomic E-state index is 12.2. The minimum absolute atomic E-state index is 0.0143. The number of piperazine rings is 1. The van der Waals surface area contributed by atoms with Crippen LogP contribution in [0.25, 0.3) is 0 Å². The third-order valence-corrected chi connectivity index (χ3v) is 6.73. The van der Waals surface area contributed by atoms with Crippen molar-refractivity contribution in [3.05, 3.63) is 56.2 Å². The maximum atomic E-state index is 12.2. The standard InChI is InChI=1S/C23H28ClN5O3/c1-14-10-15-13-32-17(11-19(15)27-22(14)30)12-28-6-8-29(9-7-28)20-5-4-18(26-21(20)24)23(31)25-16-2-3-16/h4-5,10,16-17H,2-3,6-9,11-13H2,1H3,(H,25,31)(H,27,30). The van der Waals surface area contributed by atoms with Crippen molar-refractivity contribution >= 4 is 23.2 Å². The fourth-order valence-electron chi connectivity index (χ4n) is 4.39. The van der Waals surface area contributed by atoms with Crippen molar-refractivity contribution < 1.29 is 9.53 Å². The van der Waals surface area contributed by atoms with Crippen molar-refractivity contribution in [2.45, 2.75) is 44.9 Å². The number of fused-ring (bicyclic) bond motifs is 1. The fraction of sp³-hybridized carbons (Fsp3) is 0.522. The number of hydrogen-bond acceptors (Lipinski definition) is 6. The first-order valence-electron chi connectivity index (χ1n) is 11.2. The minimum atomic E-state index is -0.156. The van der Waals surface area contributed by atoms with Gasteiger partial charge in [-0.05, 0) is 43.5 Å². The number of nitrogens with zero attached hydrogens (tertiary/aromatic N) is 3. The smallest absolute Gasteiger partial charge is 0.270 e. The normalized spacial score (nSPS) is 21.3. The summed E-state index contributed by atoms with van der Waals surface area (Å²) in [5.74, 6) is -0.156. The van der Waals surface area contributed by atoms with Crippen LogP contribution in [0.3, 0.4) is 0 Å². The van der Waals surface area contributed by atoms with Gasteiger partial charge in [0, 0.05) is 56.4 Å². The first kappa shape index (κ1) is 21.4. The number of aromatic amines is 1. The van der Waals surface area contributed by atoms with Gasteiger partial charge in [0.25, 0.3) is 11.5 Å². The summed E-state index contributed by atoms with van der Waals surface area (Å²) in [5.41, 5.74) is 4.03. The molecule has 0 spiro atoms. The van der Waals surface area contributed by atoms with E-state index in [9.17, 15) is 9.59 Å². The van der Waals surface area contributed by atoms with Crippen molar-refractivity contribution in [2.24, 2.45) is 0 Å². The SMILES string of the molecule is Cc1cc2c([nH]c1=O)CC(CN1CCN(c3ccc(C(=O)NC4CC4)nc3Cl)CC1)OC2. The molecule has 2 N–H and O–H groups in total. The van der Waals surface area contributed by atoms with Crippen LogP contribution in [0.4, 0.5) is 5.69 Å². The number of amides is 1. The lowest BCUT2D eigenvalue weighted by Crippen LogP contribution is -2.49. The van der Waals surface area contributed by atoms with E-state index >= 15 is 0 Å². The molecule has 0 aromatic carbocycles. The van der Waals surface area contributed by atoms with Gasteiger partial charge in [-0.2, -0.15) is 0 Å². The van der Waals surface area contributed by atoms with E-state index in [1.54, 1.807) is 6.07 Å². The van der Waals surface area contributed by atoms with Gasteiger partial charge in [0.2, 0.25) is 0 Å². The Morgan fingerprint density at radius 2 is 2.06 bits per heavy atom. The number of carbonyl (C=O) groups is 1. The van der Waals surface area contributed by atoms with E-state index in [4.69, 9.17) is 16.3 Å². The third kappa shape index (κ3) is 4.67. The van der Waals surface area contributed by atoms with Crippen molar-refractivity contribution in [3.8, 4) is 0 Å². The second-order valence-electron chi connectivity index (χ2n) is 8.96. The summed E-state index contributed by atoms with van der Waals surface area (Å²) >= 11 is 6.43. The first-order chi connectivity index (χ1) is 15.5. The molecule has 9 heteroatoms. The molecule has 32 heavy (non-hydrogen) atoms. The molecule has 5 rings (SSSR count). The molecule has 1 amide bonds. The minimum Gasteiger partial charge on any atom is -0.372 e. The van der Waals surface area contributed by atoms with Crippen LogP contribution >= 0.6 is 11.6 Å². The summed E-state index contributed by atoms with van der Waals surface area (Å²) in [5, 5.41) is 3.31. The van der Waals surface area contributed by atoms with Gasteiger partial charge in [0.1, 0.15) is 5.69 Å². The summed E-state index contributed by atoms with van der Waals surface area (Å²) in [6.45, 7) is 6.62. The number of hydrogen-bond donors (Lipinski definition) is 2. The quantitative estimate of drug-likeness (QED) is 0.666. The molecular formula is C23H28ClN5O3. The lowest BCUT2D eigenvalue weighted by molar-refractivity contribution is 0.00274. The highest BCUT2D eigenvalue weighted by Crippen LogP contribution is 2.26. The van der Waals surface area contributed by atoms with Crippen LogP contribution in [0.5, 0.6) is 0 Å². The number of halogens is 1. The largest absolute Gasteiger partial charge is 0.372 e. The van der Waals surface area contributed by atoms with Gasteiger partial charge in [0.15, 0.2) is 5.15 Å². The topological polar surface area (TPSA) is 90.6 Å². The third-order valence-electron chi connectivity index (χ3n) is 6.46. The summed E-state index contributed by atoms with van der Waals surface area (Å²) in [4.78, 5) is 36.1. The first-order valence-corrected chi connectivity index (χ1v) is 11.6. The lowest BCUT2D eigenvalue weighted by Gasteiger charge is -2.38. The number of ether oxygens (including phenoxy) is 1. The van der Waals surface area contributed by atoms with Crippen molar-refractivity contribution in [1.29, 1.82) is 0 Å². The van der Waals surface area contributed by atoms with Crippen LogP contribution in [0.2, 0.25) is 5.15 Å². The summed E-state index contributed by atoms with van der Waals surface area (Å²) < 4.78 is 6.05. The van der Waals surface area contributed by atoms with Crippen LogP contribution in [0.1, 0.15) is 40.2 Å². The molecule has 0 radical (unpaired) electrons. The average molecular weight is 458 g/mol. The molecular weight excluding hydrogens is 430 g/mol. The molecule has 170 valence electrons. The fourth-order valence-corrected chi connectivity index (χ4v) is 4.66. The summed E-state index contributed by atoms with van der Waals surface area (Å²) in [7, 11) is 0. The zero-order valence-electron chi connectivity index (χ0n) is 18.2. The predicted molar refractivity (Wildman–Crippen MR) is 122 cm³/mol. The van der Waals surface area contributed by atoms with Gasteiger partial charge in [-0.3, -0.25) is 14.5 Å². The number of H-pyrrole nitrogens is 1. The molecule has 1 atom stereocenters. The molecule has 2 aromatic rings. The summed E-state index contributed by atoms with van der Waals surface area (Å²) in [6.07, 6.45) is 2.88. The Balaban J connectivity index is 1.15. The second kappa shape index (κ2) is 8.84. The van der Waals surface area contributed by atoms with Crippen LogP contribution in [-0.4, -0.2) is 65.6 Å². The lowest BCUT2D eigenvalue weighted by atomic mass is 10.0. The van der Waals surface area contributed by atoms with Crippen molar-refractivity contribution in [1.82, 2.24) is 20.2 Å². The average Bonchev–Trinajstić information content (AvgIpc) is 3.59. The van der Waals surface area contributed by atoms with Gasteiger partial charge in [-0.1, -0.05) is 11.6 Å². The van der Waals surface area contributed by atoms with Gasteiger partial charge in [-0.25, -0.2) is 4.98 Å². The van der Waals surface area contributed by atoms with Crippen LogP contribution in [0, 0.1) is 6.92 Å². The van der Waals surface area contributed by atoms with E-state index in [2.05, 4.69) is 25.1 Å². The van der Waals surface area contributed by atoms with Gasteiger partial charge < -0.3 is 19.9 Å². The Bertz CT molecular complexity index is 1080. The molecule has 1 saturated heterocycles. The number of aromatic nitrogens is 2. The molecule has 2 aliphatic heterocycles. The van der Waals surface area contributed by atoms with E-state index in [0.29, 0.717) is 23.5 Å². The highest BCUT2D eigenvalue weighted by Gasteiger charge is 2.27. The van der Waals surface area contributed by atoms with Gasteiger partial charge in [0.05, 0.1) is 18.4 Å². The number of nitrogens with one attached hydrogen (secondary N) is 2. The van der Waals surface area contributed by atoms with E-state index in [-0.39, 0.29) is 17.6 Å². The molecule has 3 aliphatic rings. The van der Waals surface area contributed by atoms with Crippen molar-refractivity contribution in [3.63, 3.8) is 0 Å². The second-order valence-corrected chi connectivity index (χ2v) is 9.32. The highest BCUT2D eigenvalue weighted by molar-refractivity contribution is 6.32. The number of rotatable bonds is 5. The monoisotopic (exact) mass is 457 g/mol. The molecule has 1 unspecified atom stereocenters. The molecule has 2 aromatic heterocycles. The van der Waals surface area contributed by atoms with Crippen LogP contribution < -0.4 is 15.8 Å². The predicted octanol–water partition coefficient (Wildman–Crippen LogP) is 1.89. The van der Waals surface area contributed by atoms with Gasteiger partial charge >= 0.3 is 0 Å². The maximum Gasteiger partial charge on any atom is 0.270 e.